The van der Waals surface area contributed by atoms with Crippen LogP contribution in [-0.2, 0) is 19.7 Å². The van der Waals surface area contributed by atoms with Crippen LogP contribution in [-0.4, -0.2) is 25.0 Å². The quantitative estimate of drug-likeness (QED) is 0.613. The maximum atomic E-state index is 12.5. The zero-order valence-electron chi connectivity index (χ0n) is 12.3. The van der Waals surface area contributed by atoms with E-state index < -0.39 is 5.41 Å². The third-order valence-electron chi connectivity index (χ3n) is 3.70. The molecule has 1 heterocycles. The van der Waals surface area contributed by atoms with E-state index in [-0.39, 0.29) is 18.4 Å². The van der Waals surface area contributed by atoms with Crippen molar-refractivity contribution in [1.29, 1.82) is 0 Å². The lowest BCUT2D eigenvalue weighted by molar-refractivity contribution is -0.143. The molecule has 108 valence electrons. The summed E-state index contributed by atoms with van der Waals surface area (Å²) < 4.78 is 5.14. The topological polar surface area (TPSA) is 46.6 Å². The first-order valence-corrected chi connectivity index (χ1v) is 7.05. The van der Waals surface area contributed by atoms with E-state index in [2.05, 4.69) is 0 Å². The maximum Gasteiger partial charge on any atom is 0.326 e. The molecule has 0 radical (unpaired) electrons. The zero-order valence-corrected chi connectivity index (χ0v) is 12.3. The molecule has 1 aromatic carbocycles. The van der Waals surface area contributed by atoms with Gasteiger partial charge in [-0.25, -0.2) is 0 Å². The van der Waals surface area contributed by atoms with Crippen molar-refractivity contribution in [2.75, 3.05) is 18.1 Å². The SMILES string of the molecule is CCCCOC(=O)CN1C(=O)C(C)(C)c2ccccc21. The van der Waals surface area contributed by atoms with Gasteiger partial charge in [0.05, 0.1) is 12.0 Å². The fourth-order valence-electron chi connectivity index (χ4n) is 2.46. The number of esters is 1. The molecule has 2 rings (SSSR count). The lowest BCUT2D eigenvalue weighted by atomic mass is 9.86. The number of carbonyl (C=O) groups excluding carboxylic acids is 2. The van der Waals surface area contributed by atoms with Gasteiger partial charge >= 0.3 is 5.97 Å². The number of hydrogen-bond donors (Lipinski definition) is 0. The minimum atomic E-state index is -0.583. The summed E-state index contributed by atoms with van der Waals surface area (Å²) in [7, 11) is 0. The first kappa shape index (κ1) is 14.6. The predicted octanol–water partition coefficient (Wildman–Crippen LogP) is 2.65. The molecule has 0 unspecified atom stereocenters. The summed E-state index contributed by atoms with van der Waals surface area (Å²) in [5, 5.41) is 0. The molecule has 0 fully saturated rings. The number of hydrogen-bond acceptors (Lipinski definition) is 3. The third-order valence-corrected chi connectivity index (χ3v) is 3.70. The van der Waals surface area contributed by atoms with Crippen LogP contribution in [0, 0.1) is 0 Å². The highest BCUT2D eigenvalue weighted by atomic mass is 16.5. The zero-order chi connectivity index (χ0) is 14.8. The van der Waals surface area contributed by atoms with Crippen LogP contribution in [0.15, 0.2) is 24.3 Å². The summed E-state index contributed by atoms with van der Waals surface area (Å²) in [6, 6.07) is 7.61. The van der Waals surface area contributed by atoms with Gasteiger partial charge in [-0.3, -0.25) is 9.59 Å². The van der Waals surface area contributed by atoms with Gasteiger partial charge in [-0.05, 0) is 31.9 Å². The minimum absolute atomic E-state index is 0.0109. The van der Waals surface area contributed by atoms with Crippen molar-refractivity contribution in [1.82, 2.24) is 0 Å². The number of rotatable bonds is 5. The Kier molecular flexibility index (Phi) is 4.12. The highest BCUT2D eigenvalue weighted by Gasteiger charge is 2.44. The van der Waals surface area contributed by atoms with Crippen molar-refractivity contribution in [3.8, 4) is 0 Å². The number of unbranched alkanes of at least 4 members (excludes halogenated alkanes) is 1. The summed E-state index contributed by atoms with van der Waals surface area (Å²) in [6.45, 7) is 6.22. The Morgan fingerprint density at radius 1 is 1.30 bits per heavy atom. The number of benzene rings is 1. The molecular formula is C16H21NO3. The molecule has 4 nitrogen and oxygen atoms in total. The van der Waals surface area contributed by atoms with E-state index in [0.717, 1.165) is 24.1 Å². The van der Waals surface area contributed by atoms with E-state index >= 15 is 0 Å². The number of anilines is 1. The normalized spacial score (nSPS) is 16.1. The van der Waals surface area contributed by atoms with Gasteiger partial charge in [0.15, 0.2) is 0 Å². The van der Waals surface area contributed by atoms with Crippen LogP contribution in [0.3, 0.4) is 0 Å². The summed E-state index contributed by atoms with van der Waals surface area (Å²) in [6.07, 6.45) is 1.83. The third kappa shape index (κ3) is 2.55. The smallest absolute Gasteiger partial charge is 0.326 e. The summed E-state index contributed by atoms with van der Waals surface area (Å²) in [4.78, 5) is 25.8. The molecule has 0 saturated heterocycles. The van der Waals surface area contributed by atoms with Crippen LogP contribution >= 0.6 is 0 Å². The molecule has 1 aromatic rings. The maximum absolute atomic E-state index is 12.5. The highest BCUT2D eigenvalue weighted by molar-refractivity contribution is 6.09. The average Bonchev–Trinajstić information content (AvgIpc) is 2.61. The van der Waals surface area contributed by atoms with Crippen molar-refractivity contribution >= 4 is 17.6 Å². The monoisotopic (exact) mass is 275 g/mol. The van der Waals surface area contributed by atoms with Gasteiger partial charge in [-0.15, -0.1) is 0 Å². The molecule has 1 amide bonds. The lowest BCUT2D eigenvalue weighted by Crippen LogP contribution is -2.39. The van der Waals surface area contributed by atoms with E-state index in [1.54, 1.807) is 0 Å². The standard InChI is InChI=1S/C16H21NO3/c1-4-5-10-20-14(18)11-17-13-9-7-6-8-12(13)16(2,3)15(17)19/h6-9H,4-5,10-11H2,1-3H3. The Morgan fingerprint density at radius 2 is 2.00 bits per heavy atom. The van der Waals surface area contributed by atoms with Crippen LogP contribution in [0.25, 0.3) is 0 Å². The van der Waals surface area contributed by atoms with Crippen molar-refractivity contribution < 1.29 is 14.3 Å². The van der Waals surface area contributed by atoms with Crippen LogP contribution < -0.4 is 4.90 Å². The van der Waals surface area contributed by atoms with Crippen LogP contribution in [0.1, 0.15) is 39.2 Å². The summed E-state index contributed by atoms with van der Waals surface area (Å²) in [5.41, 5.74) is 1.20. The van der Waals surface area contributed by atoms with Gasteiger partial charge in [0.1, 0.15) is 6.54 Å². The first-order valence-electron chi connectivity index (χ1n) is 7.05. The molecule has 4 heteroatoms. The second-order valence-electron chi connectivity index (χ2n) is 5.61. The second-order valence-corrected chi connectivity index (χ2v) is 5.61. The Hall–Kier alpha value is -1.84. The number of amides is 1. The van der Waals surface area contributed by atoms with Crippen LogP contribution in [0.4, 0.5) is 5.69 Å². The van der Waals surface area contributed by atoms with Gasteiger partial charge in [-0.1, -0.05) is 31.5 Å². The highest BCUT2D eigenvalue weighted by Crippen LogP contribution is 2.40. The fraction of sp³-hybridized carbons (Fsp3) is 0.500. The molecule has 0 saturated carbocycles. The van der Waals surface area contributed by atoms with Crippen molar-refractivity contribution in [3.05, 3.63) is 29.8 Å². The molecule has 0 atom stereocenters. The van der Waals surface area contributed by atoms with Gasteiger partial charge < -0.3 is 9.64 Å². The van der Waals surface area contributed by atoms with Gasteiger partial charge in [0.2, 0.25) is 5.91 Å². The molecule has 0 aromatic heterocycles. The van der Waals surface area contributed by atoms with Crippen molar-refractivity contribution in [2.45, 2.75) is 39.0 Å². The van der Waals surface area contributed by atoms with Crippen LogP contribution in [0.2, 0.25) is 0 Å². The lowest BCUT2D eigenvalue weighted by Gasteiger charge is -2.19. The Labute approximate surface area is 119 Å². The van der Waals surface area contributed by atoms with Gasteiger partial charge in [0, 0.05) is 5.69 Å². The van der Waals surface area contributed by atoms with Gasteiger partial charge in [0.25, 0.3) is 0 Å². The predicted molar refractivity (Wildman–Crippen MR) is 77.7 cm³/mol. The molecule has 20 heavy (non-hydrogen) atoms. The number of nitrogens with zero attached hydrogens (tertiary/aromatic N) is 1. The molecule has 0 aliphatic carbocycles. The Morgan fingerprint density at radius 3 is 2.70 bits per heavy atom. The molecule has 0 spiro atoms. The minimum Gasteiger partial charge on any atom is -0.464 e. The molecule has 0 N–H and O–H groups in total. The molecule has 1 aliphatic rings. The van der Waals surface area contributed by atoms with E-state index in [9.17, 15) is 9.59 Å². The fourth-order valence-corrected chi connectivity index (χ4v) is 2.46. The Bertz CT molecular complexity index is 522. The summed E-state index contributed by atoms with van der Waals surface area (Å²) >= 11 is 0. The first-order chi connectivity index (χ1) is 9.48. The van der Waals surface area contributed by atoms with Crippen molar-refractivity contribution in [2.24, 2.45) is 0 Å². The molecule has 1 aliphatic heterocycles. The Balaban J connectivity index is 2.13. The van der Waals surface area contributed by atoms with E-state index in [1.165, 1.54) is 4.90 Å². The van der Waals surface area contributed by atoms with Gasteiger partial charge in [-0.2, -0.15) is 0 Å². The molecule has 0 bridgehead atoms. The van der Waals surface area contributed by atoms with E-state index in [0.29, 0.717) is 6.61 Å². The van der Waals surface area contributed by atoms with Crippen molar-refractivity contribution in [3.63, 3.8) is 0 Å². The van der Waals surface area contributed by atoms with Crippen LogP contribution in [0.5, 0.6) is 0 Å². The largest absolute Gasteiger partial charge is 0.464 e. The number of para-hydroxylation sites is 1. The second kappa shape index (κ2) is 5.65. The van der Waals surface area contributed by atoms with E-state index in [1.807, 2.05) is 45.0 Å². The summed E-state index contributed by atoms with van der Waals surface area (Å²) in [5.74, 6) is -0.398. The van der Waals surface area contributed by atoms with E-state index in [4.69, 9.17) is 4.74 Å². The number of ether oxygens (including phenoxy) is 1. The number of fused-ring (bicyclic) bond motifs is 1. The molecular weight excluding hydrogens is 254 g/mol. The average molecular weight is 275 g/mol. The number of carbonyl (C=O) groups is 2.